The summed E-state index contributed by atoms with van der Waals surface area (Å²) in [5.41, 5.74) is 0. The van der Waals surface area contributed by atoms with Crippen LogP contribution in [-0.2, 0) is 4.79 Å². The SMILES string of the molecule is O=C1C2CCCCC2C2CCC(Br)CC12. The summed E-state index contributed by atoms with van der Waals surface area (Å²) in [5.74, 6) is 3.06. The number of carbonyl (C=O) groups is 1. The second-order valence-corrected chi connectivity index (χ2v) is 6.93. The molecule has 0 bridgehead atoms. The van der Waals surface area contributed by atoms with Gasteiger partial charge in [-0.3, -0.25) is 4.79 Å². The van der Waals surface area contributed by atoms with Crippen LogP contribution in [0.15, 0.2) is 0 Å². The molecule has 3 fully saturated rings. The molecule has 0 aromatic carbocycles. The Bertz CT molecular complexity index is 276. The molecule has 84 valence electrons. The van der Waals surface area contributed by atoms with Crippen LogP contribution in [0.5, 0.6) is 0 Å². The number of rotatable bonds is 0. The van der Waals surface area contributed by atoms with Crippen molar-refractivity contribution in [3.63, 3.8) is 0 Å². The number of Topliss-reactive ketones (excluding diaryl/α,β-unsaturated/α-hetero) is 1. The summed E-state index contributed by atoms with van der Waals surface area (Å²) < 4.78 is 0. The average Bonchev–Trinajstić information content (AvgIpc) is 2.54. The third kappa shape index (κ3) is 1.60. The molecule has 0 N–H and O–H groups in total. The molecule has 0 radical (unpaired) electrons. The van der Waals surface area contributed by atoms with Crippen LogP contribution in [0.4, 0.5) is 0 Å². The van der Waals surface area contributed by atoms with Crippen molar-refractivity contribution in [1.29, 1.82) is 0 Å². The number of hydrogen-bond acceptors (Lipinski definition) is 1. The third-order valence-electron chi connectivity index (χ3n) is 4.94. The van der Waals surface area contributed by atoms with Gasteiger partial charge in [-0.25, -0.2) is 0 Å². The van der Waals surface area contributed by atoms with Gasteiger partial charge in [-0.05, 0) is 43.9 Å². The minimum atomic E-state index is 0.427. The van der Waals surface area contributed by atoms with Crippen LogP contribution in [0, 0.1) is 23.7 Å². The lowest BCUT2D eigenvalue weighted by Crippen LogP contribution is -2.27. The standard InChI is InChI=1S/C13H19BrO/c14-8-5-6-10-9-3-1-2-4-11(9)13(15)12(10)7-8/h8-12H,1-7H2. The molecule has 0 saturated heterocycles. The number of halogens is 1. The van der Waals surface area contributed by atoms with Gasteiger partial charge in [0.05, 0.1) is 0 Å². The van der Waals surface area contributed by atoms with E-state index in [2.05, 4.69) is 15.9 Å². The highest BCUT2D eigenvalue weighted by molar-refractivity contribution is 9.09. The summed E-state index contributed by atoms with van der Waals surface area (Å²) in [7, 11) is 0. The fourth-order valence-corrected chi connectivity index (χ4v) is 4.95. The Morgan fingerprint density at radius 1 is 0.933 bits per heavy atom. The maximum absolute atomic E-state index is 12.3. The van der Waals surface area contributed by atoms with Crippen LogP contribution in [0.25, 0.3) is 0 Å². The van der Waals surface area contributed by atoms with Gasteiger partial charge in [0.2, 0.25) is 0 Å². The highest BCUT2D eigenvalue weighted by Crippen LogP contribution is 2.52. The lowest BCUT2D eigenvalue weighted by Gasteiger charge is -2.32. The molecule has 5 atom stereocenters. The lowest BCUT2D eigenvalue weighted by atomic mass is 9.73. The molecular weight excluding hydrogens is 252 g/mol. The van der Waals surface area contributed by atoms with Gasteiger partial charge in [0.15, 0.2) is 0 Å². The van der Waals surface area contributed by atoms with Gasteiger partial charge >= 0.3 is 0 Å². The van der Waals surface area contributed by atoms with Gasteiger partial charge in [0, 0.05) is 16.7 Å². The van der Waals surface area contributed by atoms with E-state index in [-0.39, 0.29) is 0 Å². The van der Waals surface area contributed by atoms with Crippen LogP contribution in [0.3, 0.4) is 0 Å². The molecule has 3 aliphatic carbocycles. The zero-order valence-electron chi connectivity index (χ0n) is 9.12. The zero-order valence-corrected chi connectivity index (χ0v) is 10.7. The van der Waals surface area contributed by atoms with Crippen molar-refractivity contribution in [3.8, 4) is 0 Å². The molecule has 15 heavy (non-hydrogen) atoms. The smallest absolute Gasteiger partial charge is 0.139 e. The van der Waals surface area contributed by atoms with Gasteiger partial charge in [-0.1, -0.05) is 28.8 Å². The highest BCUT2D eigenvalue weighted by Gasteiger charge is 2.51. The molecule has 0 amide bonds. The molecule has 2 heteroatoms. The minimum absolute atomic E-state index is 0.427. The Balaban J connectivity index is 1.84. The normalized spacial score (nSPS) is 49.9. The quantitative estimate of drug-likeness (QED) is 0.616. The first-order chi connectivity index (χ1) is 7.27. The van der Waals surface area contributed by atoms with Gasteiger partial charge < -0.3 is 0 Å². The minimum Gasteiger partial charge on any atom is -0.299 e. The van der Waals surface area contributed by atoms with Gasteiger partial charge in [0.1, 0.15) is 5.78 Å². The first kappa shape index (κ1) is 10.3. The second-order valence-electron chi connectivity index (χ2n) is 5.64. The van der Waals surface area contributed by atoms with Gasteiger partial charge in [-0.2, -0.15) is 0 Å². The van der Waals surface area contributed by atoms with E-state index in [4.69, 9.17) is 0 Å². The molecule has 3 saturated carbocycles. The Labute approximate surface area is 100 Å². The molecular formula is C13H19BrO. The average molecular weight is 271 g/mol. The van der Waals surface area contributed by atoms with Crippen LogP contribution in [0.2, 0.25) is 0 Å². The summed E-state index contributed by atoms with van der Waals surface area (Å²) in [6, 6.07) is 0. The van der Waals surface area contributed by atoms with Crippen molar-refractivity contribution in [2.45, 2.75) is 49.8 Å². The van der Waals surface area contributed by atoms with Gasteiger partial charge in [-0.15, -0.1) is 0 Å². The van der Waals surface area contributed by atoms with Crippen molar-refractivity contribution < 1.29 is 4.79 Å². The van der Waals surface area contributed by atoms with Crippen molar-refractivity contribution in [2.75, 3.05) is 0 Å². The largest absolute Gasteiger partial charge is 0.299 e. The van der Waals surface area contributed by atoms with E-state index in [9.17, 15) is 4.79 Å². The molecule has 3 aliphatic rings. The summed E-state index contributed by atoms with van der Waals surface area (Å²) in [6.45, 7) is 0. The second kappa shape index (κ2) is 3.87. The fourth-order valence-electron chi connectivity index (χ4n) is 4.28. The molecule has 0 spiro atoms. The molecule has 0 aromatic rings. The van der Waals surface area contributed by atoms with E-state index in [0.717, 1.165) is 18.3 Å². The summed E-state index contributed by atoms with van der Waals surface area (Å²) >= 11 is 3.70. The summed E-state index contributed by atoms with van der Waals surface area (Å²) in [5, 5.41) is 0. The maximum atomic E-state index is 12.3. The number of hydrogen-bond donors (Lipinski definition) is 0. The first-order valence-electron chi connectivity index (χ1n) is 6.45. The lowest BCUT2D eigenvalue weighted by molar-refractivity contribution is -0.125. The van der Waals surface area contributed by atoms with E-state index < -0.39 is 0 Å². The maximum Gasteiger partial charge on any atom is 0.139 e. The monoisotopic (exact) mass is 270 g/mol. The predicted octanol–water partition coefficient (Wildman–Crippen LogP) is 3.56. The Morgan fingerprint density at radius 3 is 2.53 bits per heavy atom. The van der Waals surface area contributed by atoms with E-state index in [1.807, 2.05) is 0 Å². The number of ketones is 1. The molecule has 5 unspecified atom stereocenters. The van der Waals surface area contributed by atoms with Gasteiger partial charge in [0.25, 0.3) is 0 Å². The zero-order chi connectivity index (χ0) is 10.4. The highest BCUT2D eigenvalue weighted by atomic mass is 79.9. The summed E-state index contributed by atoms with van der Waals surface area (Å²) in [6.07, 6.45) is 8.91. The predicted molar refractivity (Wildman–Crippen MR) is 64.0 cm³/mol. The number of alkyl halides is 1. The fraction of sp³-hybridized carbons (Fsp3) is 0.923. The van der Waals surface area contributed by atoms with E-state index in [1.54, 1.807) is 0 Å². The van der Waals surface area contributed by atoms with Crippen molar-refractivity contribution in [2.24, 2.45) is 23.7 Å². The molecule has 0 aliphatic heterocycles. The van der Waals surface area contributed by atoms with Crippen LogP contribution in [-0.4, -0.2) is 10.6 Å². The first-order valence-corrected chi connectivity index (χ1v) is 7.36. The molecule has 3 rings (SSSR count). The van der Waals surface area contributed by atoms with Crippen molar-refractivity contribution in [3.05, 3.63) is 0 Å². The molecule has 0 heterocycles. The van der Waals surface area contributed by atoms with E-state index >= 15 is 0 Å². The van der Waals surface area contributed by atoms with Crippen LogP contribution >= 0.6 is 15.9 Å². The molecule has 1 nitrogen and oxygen atoms in total. The van der Waals surface area contributed by atoms with Crippen molar-refractivity contribution in [1.82, 2.24) is 0 Å². The topological polar surface area (TPSA) is 17.1 Å². The van der Waals surface area contributed by atoms with E-state index in [0.29, 0.717) is 22.4 Å². The van der Waals surface area contributed by atoms with Crippen LogP contribution < -0.4 is 0 Å². The molecule has 0 aromatic heterocycles. The van der Waals surface area contributed by atoms with Crippen LogP contribution in [0.1, 0.15) is 44.9 Å². The summed E-state index contributed by atoms with van der Waals surface area (Å²) in [4.78, 5) is 12.9. The third-order valence-corrected chi connectivity index (χ3v) is 5.77. The Kier molecular flexibility index (Phi) is 2.66. The Hall–Kier alpha value is 0.150. The van der Waals surface area contributed by atoms with E-state index in [1.165, 1.54) is 38.5 Å². The van der Waals surface area contributed by atoms with Crippen molar-refractivity contribution >= 4 is 21.7 Å². The number of carbonyl (C=O) groups excluding carboxylic acids is 1. The number of fused-ring (bicyclic) bond motifs is 3. The Morgan fingerprint density at radius 2 is 1.67 bits per heavy atom.